The summed E-state index contributed by atoms with van der Waals surface area (Å²) in [7, 11) is 0. The fraction of sp³-hybridized carbons (Fsp3) is 0.333. The summed E-state index contributed by atoms with van der Waals surface area (Å²) in [5.74, 6) is 0.285. The molecule has 164 valence electrons. The monoisotopic (exact) mass is 432 g/mol. The number of hydrogen-bond acceptors (Lipinski definition) is 6. The van der Waals surface area contributed by atoms with Crippen molar-refractivity contribution in [2.45, 2.75) is 18.6 Å². The summed E-state index contributed by atoms with van der Waals surface area (Å²) in [6.45, 7) is 2.38. The number of pyridine rings is 2. The number of benzene rings is 1. The maximum Gasteiger partial charge on any atom is 0.273 e. The lowest BCUT2D eigenvalue weighted by atomic mass is 10.1. The van der Waals surface area contributed by atoms with Gasteiger partial charge in [-0.1, -0.05) is 24.3 Å². The van der Waals surface area contributed by atoms with Crippen LogP contribution in [0.3, 0.4) is 0 Å². The maximum absolute atomic E-state index is 13.5. The Labute approximate surface area is 185 Å². The van der Waals surface area contributed by atoms with Crippen molar-refractivity contribution >= 4 is 22.7 Å². The highest BCUT2D eigenvalue weighted by molar-refractivity contribution is 5.98. The van der Waals surface area contributed by atoms with Gasteiger partial charge in [-0.2, -0.15) is 0 Å². The molecule has 5 rings (SSSR count). The molecule has 2 aromatic heterocycles. The summed E-state index contributed by atoms with van der Waals surface area (Å²) >= 11 is 0. The zero-order valence-corrected chi connectivity index (χ0v) is 17.6. The fourth-order valence-corrected chi connectivity index (χ4v) is 4.28. The normalized spacial score (nSPS) is 21.0. The van der Waals surface area contributed by atoms with Gasteiger partial charge in [0.15, 0.2) is 0 Å². The molecule has 1 aromatic carbocycles. The molecule has 0 spiro atoms. The highest BCUT2D eigenvalue weighted by Gasteiger charge is 2.43. The number of nitrogens with zero attached hydrogens (tertiary/aromatic N) is 4. The standard InChI is InChI=1S/C24H24N4O4/c29-23(21-8-7-17-4-1-2-6-20(17)26-21)28-16-19(32-18-5-3-9-25-15-18)14-22(28)24(30)27-10-12-31-13-11-27/h1-9,15,19,22H,10-14,16H2/t19-,22-/m0/s1. The molecule has 2 atom stereocenters. The van der Waals surface area contributed by atoms with Crippen LogP contribution in [0.1, 0.15) is 16.9 Å². The molecule has 0 aliphatic carbocycles. The van der Waals surface area contributed by atoms with E-state index in [4.69, 9.17) is 9.47 Å². The number of hydrogen-bond donors (Lipinski definition) is 0. The first-order valence-electron chi connectivity index (χ1n) is 10.8. The van der Waals surface area contributed by atoms with Crippen molar-refractivity contribution in [3.8, 4) is 5.75 Å². The Bertz CT molecular complexity index is 1120. The molecule has 2 fully saturated rings. The number of rotatable bonds is 4. The molecule has 2 amide bonds. The largest absolute Gasteiger partial charge is 0.487 e. The summed E-state index contributed by atoms with van der Waals surface area (Å²) in [5, 5.41) is 0.962. The molecule has 32 heavy (non-hydrogen) atoms. The molecule has 0 radical (unpaired) electrons. The summed E-state index contributed by atoms with van der Waals surface area (Å²) < 4.78 is 11.4. The van der Waals surface area contributed by atoms with Crippen LogP contribution in [0.4, 0.5) is 0 Å². The van der Waals surface area contributed by atoms with Gasteiger partial charge >= 0.3 is 0 Å². The number of ether oxygens (including phenoxy) is 2. The Balaban J connectivity index is 1.41. The van der Waals surface area contributed by atoms with Crippen molar-refractivity contribution in [3.05, 3.63) is 66.6 Å². The first-order chi connectivity index (χ1) is 15.7. The minimum atomic E-state index is -0.601. The zero-order chi connectivity index (χ0) is 21.9. The Morgan fingerprint density at radius 2 is 1.88 bits per heavy atom. The smallest absolute Gasteiger partial charge is 0.273 e. The molecule has 0 unspecified atom stereocenters. The Hall–Kier alpha value is -3.52. The molecule has 4 heterocycles. The fourth-order valence-electron chi connectivity index (χ4n) is 4.28. The van der Waals surface area contributed by atoms with Gasteiger partial charge < -0.3 is 19.3 Å². The van der Waals surface area contributed by atoms with E-state index < -0.39 is 6.04 Å². The first-order valence-corrected chi connectivity index (χ1v) is 10.8. The average molecular weight is 432 g/mol. The van der Waals surface area contributed by atoms with Crippen LogP contribution in [-0.2, 0) is 9.53 Å². The van der Waals surface area contributed by atoms with E-state index in [0.717, 1.165) is 10.9 Å². The predicted molar refractivity (Wildman–Crippen MR) is 117 cm³/mol. The lowest BCUT2D eigenvalue weighted by Gasteiger charge is -2.32. The van der Waals surface area contributed by atoms with Gasteiger partial charge in [-0.3, -0.25) is 14.6 Å². The molecule has 2 aliphatic heterocycles. The van der Waals surface area contributed by atoms with Crippen molar-refractivity contribution in [3.63, 3.8) is 0 Å². The number of amides is 2. The zero-order valence-electron chi connectivity index (χ0n) is 17.6. The number of para-hydroxylation sites is 1. The van der Waals surface area contributed by atoms with Crippen molar-refractivity contribution in [1.82, 2.24) is 19.8 Å². The summed E-state index contributed by atoms with van der Waals surface area (Å²) in [5.41, 5.74) is 1.07. The maximum atomic E-state index is 13.5. The molecule has 3 aromatic rings. The summed E-state index contributed by atoms with van der Waals surface area (Å²) in [4.78, 5) is 38.8. The minimum Gasteiger partial charge on any atom is -0.487 e. The van der Waals surface area contributed by atoms with E-state index in [0.29, 0.717) is 50.7 Å². The summed E-state index contributed by atoms with van der Waals surface area (Å²) in [6, 6.07) is 14.3. The first kappa shape index (κ1) is 20.4. The van der Waals surface area contributed by atoms with Crippen molar-refractivity contribution < 1.29 is 19.1 Å². The second-order valence-corrected chi connectivity index (χ2v) is 7.96. The second kappa shape index (κ2) is 8.92. The molecular formula is C24H24N4O4. The molecule has 2 saturated heterocycles. The summed E-state index contributed by atoms with van der Waals surface area (Å²) in [6.07, 6.45) is 3.42. The lowest BCUT2D eigenvalue weighted by molar-refractivity contribution is -0.139. The van der Waals surface area contributed by atoms with Gasteiger partial charge in [-0.15, -0.1) is 0 Å². The number of morpholine rings is 1. The van der Waals surface area contributed by atoms with E-state index in [9.17, 15) is 9.59 Å². The topological polar surface area (TPSA) is 84.9 Å². The molecule has 0 N–H and O–H groups in total. The van der Waals surface area contributed by atoms with E-state index in [1.54, 1.807) is 34.3 Å². The third-order valence-corrected chi connectivity index (χ3v) is 5.89. The van der Waals surface area contributed by atoms with Crippen LogP contribution in [-0.4, -0.2) is 76.6 Å². The molecular weight excluding hydrogens is 408 g/mol. The van der Waals surface area contributed by atoms with Gasteiger partial charge in [-0.05, 0) is 24.3 Å². The van der Waals surface area contributed by atoms with Crippen LogP contribution < -0.4 is 4.74 Å². The Kier molecular flexibility index (Phi) is 5.68. The van der Waals surface area contributed by atoms with E-state index in [2.05, 4.69) is 9.97 Å². The minimum absolute atomic E-state index is 0.0697. The lowest BCUT2D eigenvalue weighted by Crippen LogP contribution is -2.51. The quantitative estimate of drug-likeness (QED) is 0.628. The molecule has 0 saturated carbocycles. The third-order valence-electron chi connectivity index (χ3n) is 5.89. The van der Waals surface area contributed by atoms with Crippen LogP contribution in [0, 0.1) is 0 Å². The van der Waals surface area contributed by atoms with Gasteiger partial charge in [0.25, 0.3) is 5.91 Å². The molecule has 8 heteroatoms. The Morgan fingerprint density at radius 1 is 1.03 bits per heavy atom. The van der Waals surface area contributed by atoms with Crippen LogP contribution in [0.25, 0.3) is 10.9 Å². The van der Waals surface area contributed by atoms with E-state index in [1.165, 1.54) is 0 Å². The van der Waals surface area contributed by atoms with Gasteiger partial charge in [-0.25, -0.2) is 4.98 Å². The van der Waals surface area contributed by atoms with Crippen LogP contribution in [0.2, 0.25) is 0 Å². The number of carbonyl (C=O) groups excluding carboxylic acids is 2. The van der Waals surface area contributed by atoms with Crippen molar-refractivity contribution in [2.24, 2.45) is 0 Å². The van der Waals surface area contributed by atoms with E-state index >= 15 is 0 Å². The van der Waals surface area contributed by atoms with Crippen LogP contribution in [0.15, 0.2) is 60.9 Å². The van der Waals surface area contributed by atoms with E-state index in [-0.39, 0.29) is 17.9 Å². The van der Waals surface area contributed by atoms with E-state index in [1.807, 2.05) is 36.4 Å². The SMILES string of the molecule is O=C([C@@H]1C[C@H](Oc2cccnc2)CN1C(=O)c1ccc2ccccc2n1)N1CCOCC1. The van der Waals surface area contributed by atoms with Crippen molar-refractivity contribution in [1.29, 1.82) is 0 Å². The average Bonchev–Trinajstić information content (AvgIpc) is 3.27. The Morgan fingerprint density at radius 3 is 2.69 bits per heavy atom. The molecule has 8 nitrogen and oxygen atoms in total. The van der Waals surface area contributed by atoms with Crippen LogP contribution in [0.5, 0.6) is 5.75 Å². The number of fused-ring (bicyclic) bond motifs is 1. The van der Waals surface area contributed by atoms with Gasteiger partial charge in [0.2, 0.25) is 5.91 Å². The van der Waals surface area contributed by atoms with Crippen molar-refractivity contribution in [2.75, 3.05) is 32.8 Å². The molecule has 0 bridgehead atoms. The number of aromatic nitrogens is 2. The van der Waals surface area contributed by atoms with Crippen LogP contribution >= 0.6 is 0 Å². The molecule has 2 aliphatic rings. The van der Waals surface area contributed by atoms with Gasteiger partial charge in [0, 0.05) is 31.1 Å². The second-order valence-electron chi connectivity index (χ2n) is 7.96. The number of carbonyl (C=O) groups is 2. The van der Waals surface area contributed by atoms with Gasteiger partial charge in [0.05, 0.1) is 31.5 Å². The van der Waals surface area contributed by atoms with Gasteiger partial charge in [0.1, 0.15) is 23.6 Å². The predicted octanol–water partition coefficient (Wildman–Crippen LogP) is 2.15. The number of likely N-dealkylation sites (tertiary alicyclic amines) is 1. The highest BCUT2D eigenvalue weighted by Crippen LogP contribution is 2.26. The highest BCUT2D eigenvalue weighted by atomic mass is 16.5. The third kappa shape index (κ3) is 4.13.